The maximum atomic E-state index is 11.3. The second kappa shape index (κ2) is 5.61. The normalized spacial score (nSPS) is 17.9. The number of aliphatic hydroxyl groups excluding tert-OH is 1. The zero-order valence-electron chi connectivity index (χ0n) is 8.71. The van der Waals surface area contributed by atoms with Gasteiger partial charge in [0, 0.05) is 24.3 Å². The van der Waals surface area contributed by atoms with E-state index in [-0.39, 0.29) is 12.5 Å². The van der Waals surface area contributed by atoms with Crippen LogP contribution in [0.4, 0.5) is 0 Å². The van der Waals surface area contributed by atoms with Gasteiger partial charge >= 0.3 is 0 Å². The third-order valence-electron chi connectivity index (χ3n) is 2.66. The van der Waals surface area contributed by atoms with Crippen LogP contribution in [0.15, 0.2) is 0 Å². The average molecular weight is 217 g/mol. The van der Waals surface area contributed by atoms with Crippen LogP contribution in [0.2, 0.25) is 0 Å². The minimum absolute atomic E-state index is 0.124. The molecule has 1 aliphatic carbocycles. The van der Waals surface area contributed by atoms with Gasteiger partial charge in [-0.15, -0.1) is 0 Å². The summed E-state index contributed by atoms with van der Waals surface area (Å²) in [6, 6.07) is 0. The van der Waals surface area contributed by atoms with Crippen molar-refractivity contribution in [1.29, 1.82) is 0 Å². The van der Waals surface area contributed by atoms with Gasteiger partial charge in [-0.05, 0) is 31.9 Å². The number of aliphatic hydroxyl groups is 1. The largest absolute Gasteiger partial charge is 0.396 e. The molecular weight excluding hydrogens is 198 g/mol. The Kier molecular flexibility index (Phi) is 4.75. The van der Waals surface area contributed by atoms with E-state index in [1.807, 2.05) is 11.8 Å². The first-order valence-corrected chi connectivity index (χ1v) is 6.38. The van der Waals surface area contributed by atoms with E-state index in [4.69, 9.17) is 5.11 Å². The highest BCUT2D eigenvalue weighted by atomic mass is 32.2. The van der Waals surface area contributed by atoms with E-state index in [2.05, 4.69) is 11.6 Å². The van der Waals surface area contributed by atoms with Crippen LogP contribution in [0.5, 0.6) is 0 Å². The number of unbranched alkanes of at least 4 members (excludes halogenated alkanes) is 1. The number of hydrogen-bond donors (Lipinski definition) is 2. The number of thioether (sulfide) groups is 1. The van der Waals surface area contributed by atoms with Crippen LogP contribution in [0, 0.1) is 0 Å². The first kappa shape index (κ1) is 11.9. The second-order valence-corrected chi connectivity index (χ2v) is 5.12. The van der Waals surface area contributed by atoms with E-state index < -0.39 is 0 Å². The Balaban J connectivity index is 2.03. The topological polar surface area (TPSA) is 49.3 Å². The molecule has 4 heteroatoms. The van der Waals surface area contributed by atoms with E-state index in [0.717, 1.165) is 19.4 Å². The number of hydrogen-bond acceptors (Lipinski definition) is 3. The summed E-state index contributed by atoms with van der Waals surface area (Å²) < 4.78 is 0.354. The van der Waals surface area contributed by atoms with Crippen LogP contribution in [-0.2, 0) is 4.79 Å². The van der Waals surface area contributed by atoms with E-state index >= 15 is 0 Å². The van der Waals surface area contributed by atoms with E-state index in [9.17, 15) is 4.79 Å². The fraction of sp³-hybridized carbons (Fsp3) is 0.900. The molecule has 0 aromatic rings. The van der Waals surface area contributed by atoms with Crippen LogP contribution < -0.4 is 5.32 Å². The Morgan fingerprint density at radius 2 is 2.21 bits per heavy atom. The standard InChI is InChI=1S/C10H19NO2S/c1-14-10(5-6-10)8-11-9(13)4-2-3-7-12/h12H,2-8H2,1H3,(H,11,13). The first-order chi connectivity index (χ1) is 6.72. The predicted octanol–water partition coefficient (Wildman–Crippen LogP) is 1.16. The maximum Gasteiger partial charge on any atom is 0.220 e. The zero-order valence-corrected chi connectivity index (χ0v) is 9.53. The van der Waals surface area contributed by atoms with Crippen LogP contribution in [0.25, 0.3) is 0 Å². The van der Waals surface area contributed by atoms with Crippen molar-refractivity contribution in [3.8, 4) is 0 Å². The quantitative estimate of drug-likeness (QED) is 0.629. The fourth-order valence-electron chi connectivity index (χ4n) is 1.34. The molecule has 0 aliphatic heterocycles. The molecule has 1 amide bonds. The Labute approximate surface area is 89.6 Å². The van der Waals surface area contributed by atoms with Crippen molar-refractivity contribution < 1.29 is 9.90 Å². The van der Waals surface area contributed by atoms with Crippen molar-refractivity contribution in [2.24, 2.45) is 0 Å². The summed E-state index contributed by atoms with van der Waals surface area (Å²) in [4.78, 5) is 11.3. The molecule has 1 aliphatic rings. The lowest BCUT2D eigenvalue weighted by Crippen LogP contribution is -2.31. The van der Waals surface area contributed by atoms with Gasteiger partial charge in [0.1, 0.15) is 0 Å². The average Bonchev–Trinajstić information content (AvgIpc) is 2.96. The summed E-state index contributed by atoms with van der Waals surface area (Å²) in [5, 5.41) is 11.5. The van der Waals surface area contributed by atoms with Crippen molar-refractivity contribution in [3.05, 3.63) is 0 Å². The van der Waals surface area contributed by atoms with Crippen molar-refractivity contribution in [3.63, 3.8) is 0 Å². The van der Waals surface area contributed by atoms with Crippen molar-refractivity contribution in [2.45, 2.75) is 36.9 Å². The van der Waals surface area contributed by atoms with Crippen molar-refractivity contribution in [2.75, 3.05) is 19.4 Å². The molecular formula is C10H19NO2S. The van der Waals surface area contributed by atoms with Gasteiger partial charge < -0.3 is 10.4 Å². The van der Waals surface area contributed by atoms with Gasteiger partial charge in [-0.2, -0.15) is 11.8 Å². The summed E-state index contributed by atoms with van der Waals surface area (Å²) in [6.07, 6.45) is 6.61. The summed E-state index contributed by atoms with van der Waals surface area (Å²) in [6.45, 7) is 0.994. The predicted molar refractivity (Wildman–Crippen MR) is 59.4 cm³/mol. The molecule has 2 N–H and O–H groups in total. The fourth-order valence-corrected chi connectivity index (χ4v) is 2.06. The minimum Gasteiger partial charge on any atom is -0.396 e. The summed E-state index contributed by atoms with van der Waals surface area (Å²) in [5.41, 5.74) is 0. The monoisotopic (exact) mass is 217 g/mol. The Morgan fingerprint density at radius 3 is 2.71 bits per heavy atom. The Bertz CT molecular complexity index is 193. The molecule has 0 bridgehead atoms. The van der Waals surface area contributed by atoms with Gasteiger partial charge in [0.15, 0.2) is 0 Å². The molecule has 0 unspecified atom stereocenters. The highest BCUT2D eigenvalue weighted by Crippen LogP contribution is 2.46. The minimum atomic E-state index is 0.124. The van der Waals surface area contributed by atoms with Crippen molar-refractivity contribution >= 4 is 17.7 Å². The maximum absolute atomic E-state index is 11.3. The van der Waals surface area contributed by atoms with Crippen LogP contribution in [-0.4, -0.2) is 35.2 Å². The molecule has 14 heavy (non-hydrogen) atoms. The Morgan fingerprint density at radius 1 is 1.50 bits per heavy atom. The van der Waals surface area contributed by atoms with Crippen LogP contribution in [0.1, 0.15) is 32.1 Å². The molecule has 1 rings (SSSR count). The molecule has 0 radical (unpaired) electrons. The second-order valence-electron chi connectivity index (χ2n) is 3.84. The molecule has 0 spiro atoms. The summed E-state index contributed by atoms with van der Waals surface area (Å²) in [7, 11) is 0. The third-order valence-corrected chi connectivity index (χ3v) is 4.08. The van der Waals surface area contributed by atoms with E-state index in [1.165, 1.54) is 12.8 Å². The molecule has 0 aromatic carbocycles. The van der Waals surface area contributed by atoms with Gasteiger partial charge in [0.25, 0.3) is 0 Å². The van der Waals surface area contributed by atoms with Gasteiger partial charge in [-0.25, -0.2) is 0 Å². The number of carbonyl (C=O) groups is 1. The number of amides is 1. The van der Waals surface area contributed by atoms with Gasteiger partial charge in [-0.3, -0.25) is 4.79 Å². The lowest BCUT2D eigenvalue weighted by Gasteiger charge is -2.12. The van der Waals surface area contributed by atoms with Gasteiger partial charge in [0.2, 0.25) is 5.91 Å². The molecule has 0 atom stereocenters. The Hall–Kier alpha value is -0.220. The third kappa shape index (κ3) is 3.88. The van der Waals surface area contributed by atoms with E-state index in [1.54, 1.807) is 0 Å². The zero-order chi connectivity index (χ0) is 10.4. The molecule has 0 saturated heterocycles. The first-order valence-electron chi connectivity index (χ1n) is 5.15. The molecule has 1 saturated carbocycles. The number of carbonyl (C=O) groups excluding carboxylic acids is 1. The van der Waals surface area contributed by atoms with Crippen LogP contribution >= 0.6 is 11.8 Å². The molecule has 3 nitrogen and oxygen atoms in total. The highest BCUT2D eigenvalue weighted by Gasteiger charge is 2.41. The number of nitrogens with one attached hydrogen (secondary N) is 1. The lowest BCUT2D eigenvalue weighted by molar-refractivity contribution is -0.121. The SMILES string of the molecule is CSC1(CNC(=O)CCCCO)CC1. The van der Waals surface area contributed by atoms with Crippen molar-refractivity contribution in [1.82, 2.24) is 5.32 Å². The molecule has 0 heterocycles. The van der Waals surface area contributed by atoms with Crippen LogP contribution in [0.3, 0.4) is 0 Å². The van der Waals surface area contributed by atoms with E-state index in [0.29, 0.717) is 11.2 Å². The molecule has 1 fully saturated rings. The molecule has 0 aromatic heterocycles. The summed E-state index contributed by atoms with van der Waals surface area (Å²) in [5.74, 6) is 0.124. The highest BCUT2D eigenvalue weighted by molar-refractivity contribution is 8.00. The number of rotatable bonds is 7. The van der Waals surface area contributed by atoms with Gasteiger partial charge in [-0.1, -0.05) is 0 Å². The van der Waals surface area contributed by atoms with Gasteiger partial charge in [0.05, 0.1) is 0 Å². The lowest BCUT2D eigenvalue weighted by atomic mass is 10.2. The summed E-state index contributed by atoms with van der Waals surface area (Å²) >= 11 is 1.85. The molecule has 82 valence electrons. The smallest absolute Gasteiger partial charge is 0.220 e.